The Morgan fingerprint density at radius 1 is 1.47 bits per heavy atom. The van der Waals surface area contributed by atoms with E-state index in [1.54, 1.807) is 0 Å². The van der Waals surface area contributed by atoms with Gasteiger partial charge < -0.3 is 10.1 Å². The molecule has 0 saturated carbocycles. The Morgan fingerprint density at radius 3 is 3.06 bits per heavy atom. The van der Waals surface area contributed by atoms with Crippen LogP contribution in [-0.4, -0.2) is 24.2 Å². The van der Waals surface area contributed by atoms with Gasteiger partial charge in [0.2, 0.25) is 0 Å². The van der Waals surface area contributed by atoms with Crippen LogP contribution in [0.5, 0.6) is 0 Å². The first-order chi connectivity index (χ1) is 8.40. The molecule has 0 amide bonds. The number of hydrogen-bond acceptors (Lipinski definition) is 3. The summed E-state index contributed by atoms with van der Waals surface area (Å²) in [5.74, 6) is 0. The Balaban J connectivity index is 2.04. The molecule has 3 heteroatoms. The van der Waals surface area contributed by atoms with Gasteiger partial charge in [-0.05, 0) is 37.1 Å². The lowest BCUT2D eigenvalue weighted by Gasteiger charge is -2.23. The number of aromatic nitrogens is 1. The van der Waals surface area contributed by atoms with E-state index >= 15 is 0 Å². The minimum absolute atomic E-state index is 0.357. The fourth-order valence-corrected chi connectivity index (χ4v) is 2.15. The summed E-state index contributed by atoms with van der Waals surface area (Å²) in [5.41, 5.74) is 2.49. The van der Waals surface area contributed by atoms with Gasteiger partial charge in [-0.25, -0.2) is 0 Å². The van der Waals surface area contributed by atoms with Crippen molar-refractivity contribution in [3.8, 4) is 0 Å². The van der Waals surface area contributed by atoms with Gasteiger partial charge in [-0.3, -0.25) is 4.98 Å². The highest BCUT2D eigenvalue weighted by Gasteiger charge is 2.17. The van der Waals surface area contributed by atoms with Gasteiger partial charge in [0.15, 0.2) is 0 Å². The SMILES string of the molecule is CCNC(Cc1ccccn1)C1=COCCC1. The maximum Gasteiger partial charge on any atom is 0.0876 e. The molecule has 0 saturated heterocycles. The Hall–Kier alpha value is -1.35. The monoisotopic (exact) mass is 232 g/mol. The van der Waals surface area contributed by atoms with Crippen LogP contribution in [0.25, 0.3) is 0 Å². The molecule has 0 radical (unpaired) electrons. The summed E-state index contributed by atoms with van der Waals surface area (Å²) in [7, 11) is 0. The number of hydrogen-bond donors (Lipinski definition) is 1. The van der Waals surface area contributed by atoms with E-state index in [2.05, 4.69) is 23.3 Å². The molecular weight excluding hydrogens is 212 g/mol. The lowest BCUT2D eigenvalue weighted by Crippen LogP contribution is -2.34. The maximum absolute atomic E-state index is 5.42. The Bertz CT molecular complexity index is 362. The third kappa shape index (κ3) is 3.56. The van der Waals surface area contributed by atoms with Gasteiger partial charge in [0.25, 0.3) is 0 Å². The number of nitrogens with one attached hydrogen (secondary N) is 1. The Kier molecular flexibility index (Phi) is 4.56. The summed E-state index contributed by atoms with van der Waals surface area (Å²) in [6, 6.07) is 6.43. The summed E-state index contributed by atoms with van der Waals surface area (Å²) in [6.45, 7) is 3.95. The van der Waals surface area contributed by atoms with Gasteiger partial charge in [-0.2, -0.15) is 0 Å². The van der Waals surface area contributed by atoms with Crippen molar-refractivity contribution in [2.75, 3.05) is 13.2 Å². The van der Waals surface area contributed by atoms with Crippen LogP contribution < -0.4 is 5.32 Å². The maximum atomic E-state index is 5.42. The van der Waals surface area contributed by atoms with E-state index in [-0.39, 0.29) is 0 Å². The molecule has 1 aliphatic heterocycles. The highest BCUT2D eigenvalue weighted by molar-refractivity contribution is 5.15. The molecule has 1 aromatic rings. The zero-order chi connectivity index (χ0) is 11.9. The van der Waals surface area contributed by atoms with Crippen molar-refractivity contribution in [1.82, 2.24) is 10.3 Å². The normalized spacial score (nSPS) is 17.1. The van der Waals surface area contributed by atoms with Gasteiger partial charge in [0.05, 0.1) is 12.9 Å². The summed E-state index contributed by atoms with van der Waals surface area (Å²) < 4.78 is 5.42. The van der Waals surface area contributed by atoms with E-state index in [9.17, 15) is 0 Å². The predicted octanol–water partition coefficient (Wildman–Crippen LogP) is 2.30. The van der Waals surface area contributed by atoms with Crippen molar-refractivity contribution >= 4 is 0 Å². The molecular formula is C14H20N2O. The molecule has 1 aromatic heterocycles. The average Bonchev–Trinajstić information content (AvgIpc) is 2.40. The van der Waals surface area contributed by atoms with Gasteiger partial charge >= 0.3 is 0 Å². The van der Waals surface area contributed by atoms with Crippen LogP contribution in [0.4, 0.5) is 0 Å². The van der Waals surface area contributed by atoms with Crippen LogP contribution in [0.1, 0.15) is 25.5 Å². The van der Waals surface area contributed by atoms with Crippen LogP contribution >= 0.6 is 0 Å². The highest BCUT2D eigenvalue weighted by Crippen LogP contribution is 2.18. The minimum Gasteiger partial charge on any atom is -0.501 e. The molecule has 1 aliphatic rings. The molecule has 1 atom stereocenters. The Labute approximate surface area is 103 Å². The summed E-state index contributed by atoms with van der Waals surface area (Å²) in [5, 5.41) is 3.51. The van der Waals surface area contributed by atoms with E-state index in [4.69, 9.17) is 4.74 Å². The van der Waals surface area contributed by atoms with E-state index < -0.39 is 0 Å². The van der Waals surface area contributed by atoms with E-state index in [0.717, 1.165) is 38.1 Å². The quantitative estimate of drug-likeness (QED) is 0.846. The third-order valence-electron chi connectivity index (χ3n) is 3.00. The molecule has 2 heterocycles. The van der Waals surface area contributed by atoms with E-state index in [1.165, 1.54) is 5.57 Å². The minimum atomic E-state index is 0.357. The number of ether oxygens (including phenoxy) is 1. The van der Waals surface area contributed by atoms with Crippen molar-refractivity contribution in [2.24, 2.45) is 0 Å². The number of pyridine rings is 1. The topological polar surface area (TPSA) is 34.2 Å². The van der Waals surface area contributed by atoms with Crippen molar-refractivity contribution in [3.63, 3.8) is 0 Å². The van der Waals surface area contributed by atoms with E-state index in [0.29, 0.717) is 6.04 Å². The smallest absolute Gasteiger partial charge is 0.0876 e. The second-order valence-electron chi connectivity index (χ2n) is 4.30. The number of rotatable bonds is 5. The highest BCUT2D eigenvalue weighted by atomic mass is 16.5. The molecule has 0 aromatic carbocycles. The number of likely N-dealkylation sites (N-methyl/N-ethyl adjacent to an activating group) is 1. The van der Waals surface area contributed by atoms with Crippen LogP contribution in [0.15, 0.2) is 36.2 Å². The van der Waals surface area contributed by atoms with Gasteiger partial charge in [0.1, 0.15) is 0 Å². The molecule has 0 spiro atoms. The van der Waals surface area contributed by atoms with Crippen molar-refractivity contribution in [3.05, 3.63) is 41.9 Å². The largest absolute Gasteiger partial charge is 0.501 e. The molecule has 2 rings (SSSR count). The van der Waals surface area contributed by atoms with Crippen molar-refractivity contribution < 1.29 is 4.74 Å². The van der Waals surface area contributed by atoms with E-state index in [1.807, 2.05) is 24.6 Å². The van der Waals surface area contributed by atoms with Gasteiger partial charge in [0, 0.05) is 24.4 Å². The molecule has 0 aliphatic carbocycles. The lowest BCUT2D eigenvalue weighted by molar-refractivity contribution is 0.219. The zero-order valence-electron chi connectivity index (χ0n) is 10.4. The summed E-state index contributed by atoms with van der Waals surface area (Å²) in [6.07, 6.45) is 6.97. The molecule has 17 heavy (non-hydrogen) atoms. The standard InChI is InChI=1S/C14H20N2O/c1-2-15-14(12-6-5-9-17-11-12)10-13-7-3-4-8-16-13/h3-4,7-8,11,14-15H,2,5-6,9-10H2,1H3. The average molecular weight is 232 g/mol. The van der Waals surface area contributed by atoms with Gasteiger partial charge in [-0.1, -0.05) is 13.0 Å². The molecule has 92 valence electrons. The first-order valence-corrected chi connectivity index (χ1v) is 6.34. The molecule has 1 N–H and O–H groups in total. The van der Waals surface area contributed by atoms with Gasteiger partial charge in [-0.15, -0.1) is 0 Å². The molecule has 0 bridgehead atoms. The third-order valence-corrected chi connectivity index (χ3v) is 3.00. The first-order valence-electron chi connectivity index (χ1n) is 6.34. The Morgan fingerprint density at radius 2 is 2.41 bits per heavy atom. The summed E-state index contributed by atoms with van der Waals surface area (Å²) >= 11 is 0. The predicted molar refractivity (Wildman–Crippen MR) is 68.7 cm³/mol. The zero-order valence-corrected chi connectivity index (χ0v) is 10.4. The fraction of sp³-hybridized carbons (Fsp3) is 0.500. The second kappa shape index (κ2) is 6.40. The summed E-state index contributed by atoms with van der Waals surface area (Å²) in [4.78, 5) is 4.39. The molecule has 3 nitrogen and oxygen atoms in total. The first kappa shape index (κ1) is 12.1. The van der Waals surface area contributed by atoms with Crippen LogP contribution in [0, 0.1) is 0 Å². The van der Waals surface area contributed by atoms with Crippen LogP contribution in [0.2, 0.25) is 0 Å². The van der Waals surface area contributed by atoms with Crippen molar-refractivity contribution in [2.45, 2.75) is 32.2 Å². The number of nitrogens with zero attached hydrogens (tertiary/aromatic N) is 1. The van der Waals surface area contributed by atoms with Crippen LogP contribution in [0.3, 0.4) is 0 Å². The fourth-order valence-electron chi connectivity index (χ4n) is 2.15. The molecule has 1 unspecified atom stereocenters. The lowest BCUT2D eigenvalue weighted by atomic mass is 9.97. The van der Waals surface area contributed by atoms with Crippen LogP contribution in [-0.2, 0) is 11.2 Å². The molecule has 0 fully saturated rings. The van der Waals surface area contributed by atoms with Crippen molar-refractivity contribution in [1.29, 1.82) is 0 Å². The second-order valence-corrected chi connectivity index (χ2v) is 4.30.